The molecular formula is C12H19N3O3S. The maximum absolute atomic E-state index is 11.9. The van der Waals surface area contributed by atoms with Gasteiger partial charge in [0.1, 0.15) is 4.90 Å². The third kappa shape index (κ3) is 4.54. The summed E-state index contributed by atoms with van der Waals surface area (Å²) in [6.07, 6.45) is 5.07. The fourth-order valence-corrected chi connectivity index (χ4v) is 2.93. The molecule has 0 spiro atoms. The Balaban J connectivity index is 1.73. The van der Waals surface area contributed by atoms with Gasteiger partial charge in [0, 0.05) is 18.9 Å². The topological polar surface area (TPSA) is 80.3 Å². The number of ether oxygens (including phenoxy) is 1. The molecule has 0 aliphatic carbocycles. The van der Waals surface area contributed by atoms with Gasteiger partial charge in [-0.05, 0) is 38.1 Å². The summed E-state index contributed by atoms with van der Waals surface area (Å²) < 4.78 is 31.9. The fraction of sp³-hybridized carbons (Fsp3) is 0.583. The first-order chi connectivity index (χ1) is 9.18. The highest BCUT2D eigenvalue weighted by Gasteiger charge is 2.15. The lowest BCUT2D eigenvalue weighted by molar-refractivity contribution is 0.0367. The fourth-order valence-electron chi connectivity index (χ4n) is 1.95. The first-order valence-corrected chi connectivity index (χ1v) is 7.89. The van der Waals surface area contributed by atoms with E-state index < -0.39 is 10.0 Å². The predicted molar refractivity (Wildman–Crippen MR) is 71.3 cm³/mol. The van der Waals surface area contributed by atoms with Crippen LogP contribution in [0.2, 0.25) is 0 Å². The van der Waals surface area contributed by atoms with Gasteiger partial charge in [0.25, 0.3) is 0 Å². The second-order valence-corrected chi connectivity index (χ2v) is 6.17. The van der Waals surface area contributed by atoms with E-state index >= 15 is 0 Å². The van der Waals surface area contributed by atoms with E-state index in [0.717, 1.165) is 25.9 Å². The molecule has 1 aliphatic rings. The van der Waals surface area contributed by atoms with Crippen LogP contribution in [-0.2, 0) is 14.8 Å². The highest BCUT2D eigenvalue weighted by Crippen LogP contribution is 2.07. The van der Waals surface area contributed by atoms with Crippen molar-refractivity contribution in [2.45, 2.75) is 23.8 Å². The Hall–Kier alpha value is -1.02. The quantitative estimate of drug-likeness (QED) is 0.726. The molecule has 0 saturated carbocycles. The number of pyridine rings is 1. The third-order valence-corrected chi connectivity index (χ3v) is 4.42. The molecule has 1 aromatic heterocycles. The van der Waals surface area contributed by atoms with Gasteiger partial charge in [-0.15, -0.1) is 0 Å². The molecule has 1 saturated heterocycles. The summed E-state index contributed by atoms with van der Waals surface area (Å²) in [6, 6.07) is 3.11. The van der Waals surface area contributed by atoms with E-state index in [2.05, 4.69) is 15.0 Å². The van der Waals surface area contributed by atoms with E-state index in [1.54, 1.807) is 12.3 Å². The SMILES string of the molecule is O=S(=O)(NCCOC1CCNCC1)c1cccnc1. The summed E-state index contributed by atoms with van der Waals surface area (Å²) in [6.45, 7) is 2.60. The molecule has 106 valence electrons. The van der Waals surface area contributed by atoms with Crippen molar-refractivity contribution < 1.29 is 13.2 Å². The lowest BCUT2D eigenvalue weighted by atomic mass is 10.1. The molecule has 0 aromatic carbocycles. The number of rotatable bonds is 6. The molecule has 0 atom stereocenters. The van der Waals surface area contributed by atoms with Crippen LogP contribution in [0.15, 0.2) is 29.4 Å². The Morgan fingerprint density at radius 3 is 2.89 bits per heavy atom. The Kier molecular flexibility index (Phi) is 5.26. The van der Waals surface area contributed by atoms with Gasteiger partial charge in [-0.3, -0.25) is 4.98 Å². The molecule has 0 bridgehead atoms. The van der Waals surface area contributed by atoms with Gasteiger partial charge >= 0.3 is 0 Å². The maximum atomic E-state index is 11.9. The van der Waals surface area contributed by atoms with Crippen LogP contribution < -0.4 is 10.0 Å². The van der Waals surface area contributed by atoms with Gasteiger partial charge in [-0.2, -0.15) is 0 Å². The first kappa shape index (κ1) is 14.4. The minimum atomic E-state index is -3.47. The minimum absolute atomic E-state index is 0.178. The van der Waals surface area contributed by atoms with E-state index in [0.29, 0.717) is 6.61 Å². The predicted octanol–water partition coefficient (Wildman–Crippen LogP) is 0.128. The van der Waals surface area contributed by atoms with Gasteiger partial charge in [0.2, 0.25) is 10.0 Å². The van der Waals surface area contributed by atoms with E-state index in [9.17, 15) is 8.42 Å². The van der Waals surface area contributed by atoms with Crippen LogP contribution in [0.3, 0.4) is 0 Å². The summed E-state index contributed by atoms with van der Waals surface area (Å²) in [7, 11) is -3.47. The highest BCUT2D eigenvalue weighted by atomic mass is 32.2. The monoisotopic (exact) mass is 285 g/mol. The molecule has 2 heterocycles. The van der Waals surface area contributed by atoms with Crippen LogP contribution in [0.1, 0.15) is 12.8 Å². The lowest BCUT2D eigenvalue weighted by Gasteiger charge is -2.22. The third-order valence-electron chi connectivity index (χ3n) is 2.98. The van der Waals surface area contributed by atoms with E-state index in [1.165, 1.54) is 12.3 Å². The van der Waals surface area contributed by atoms with Crippen LogP contribution in [0, 0.1) is 0 Å². The Morgan fingerprint density at radius 2 is 2.21 bits per heavy atom. The van der Waals surface area contributed by atoms with E-state index in [-0.39, 0.29) is 17.5 Å². The van der Waals surface area contributed by atoms with Crippen molar-refractivity contribution >= 4 is 10.0 Å². The van der Waals surface area contributed by atoms with Crippen LogP contribution in [-0.4, -0.2) is 45.7 Å². The van der Waals surface area contributed by atoms with Crippen LogP contribution in [0.5, 0.6) is 0 Å². The zero-order valence-corrected chi connectivity index (χ0v) is 11.5. The molecular weight excluding hydrogens is 266 g/mol. The number of nitrogens with zero attached hydrogens (tertiary/aromatic N) is 1. The molecule has 0 unspecified atom stereocenters. The number of hydrogen-bond donors (Lipinski definition) is 2. The van der Waals surface area contributed by atoms with Gasteiger partial charge in [0.15, 0.2) is 0 Å². The zero-order chi connectivity index (χ0) is 13.6. The van der Waals surface area contributed by atoms with Gasteiger partial charge < -0.3 is 10.1 Å². The molecule has 2 N–H and O–H groups in total. The van der Waals surface area contributed by atoms with E-state index in [1.807, 2.05) is 0 Å². The summed E-state index contributed by atoms with van der Waals surface area (Å²) in [4.78, 5) is 3.97. The molecule has 1 aliphatic heterocycles. The Morgan fingerprint density at radius 1 is 1.42 bits per heavy atom. The molecule has 0 amide bonds. The number of sulfonamides is 1. The van der Waals surface area contributed by atoms with Crippen molar-refractivity contribution in [3.8, 4) is 0 Å². The average Bonchev–Trinajstić information content (AvgIpc) is 2.46. The first-order valence-electron chi connectivity index (χ1n) is 6.40. The van der Waals surface area contributed by atoms with Gasteiger partial charge in [0.05, 0.1) is 12.7 Å². The van der Waals surface area contributed by atoms with Crippen LogP contribution >= 0.6 is 0 Å². The molecule has 19 heavy (non-hydrogen) atoms. The second kappa shape index (κ2) is 6.95. The summed E-state index contributed by atoms with van der Waals surface area (Å²) in [5.41, 5.74) is 0. The molecule has 2 rings (SSSR count). The number of aromatic nitrogens is 1. The molecule has 6 nitrogen and oxygen atoms in total. The van der Waals surface area contributed by atoms with Crippen molar-refractivity contribution in [3.63, 3.8) is 0 Å². The van der Waals surface area contributed by atoms with Crippen molar-refractivity contribution in [1.29, 1.82) is 0 Å². The minimum Gasteiger partial charge on any atom is -0.377 e. The van der Waals surface area contributed by atoms with Gasteiger partial charge in [-0.1, -0.05) is 0 Å². The largest absolute Gasteiger partial charge is 0.377 e. The standard InChI is InChI=1S/C12H19N3O3S/c16-19(17,12-2-1-5-14-10-12)15-8-9-18-11-3-6-13-7-4-11/h1-2,5,10-11,13,15H,3-4,6-9H2. The highest BCUT2D eigenvalue weighted by molar-refractivity contribution is 7.89. The van der Waals surface area contributed by atoms with E-state index in [4.69, 9.17) is 4.74 Å². The zero-order valence-electron chi connectivity index (χ0n) is 10.7. The number of hydrogen-bond acceptors (Lipinski definition) is 5. The average molecular weight is 285 g/mol. The smallest absolute Gasteiger partial charge is 0.242 e. The summed E-state index contributed by atoms with van der Waals surface area (Å²) >= 11 is 0. The second-order valence-electron chi connectivity index (χ2n) is 4.41. The summed E-state index contributed by atoms with van der Waals surface area (Å²) in [5.74, 6) is 0. The van der Waals surface area contributed by atoms with Crippen molar-refractivity contribution in [1.82, 2.24) is 15.0 Å². The normalized spacial score (nSPS) is 17.5. The van der Waals surface area contributed by atoms with Crippen molar-refractivity contribution in [3.05, 3.63) is 24.5 Å². The molecule has 7 heteroatoms. The molecule has 1 fully saturated rings. The van der Waals surface area contributed by atoms with Crippen molar-refractivity contribution in [2.75, 3.05) is 26.2 Å². The lowest BCUT2D eigenvalue weighted by Crippen LogP contribution is -2.34. The van der Waals surface area contributed by atoms with Gasteiger partial charge in [-0.25, -0.2) is 13.1 Å². The summed E-state index contributed by atoms with van der Waals surface area (Å²) in [5, 5.41) is 3.25. The maximum Gasteiger partial charge on any atom is 0.242 e. The van der Waals surface area contributed by atoms with Crippen LogP contribution in [0.25, 0.3) is 0 Å². The van der Waals surface area contributed by atoms with Crippen LogP contribution in [0.4, 0.5) is 0 Å². The molecule has 1 aromatic rings. The van der Waals surface area contributed by atoms with Crippen molar-refractivity contribution in [2.24, 2.45) is 0 Å². The Labute approximate surface area is 113 Å². The number of nitrogens with one attached hydrogen (secondary N) is 2. The Bertz CT molecular complexity index is 472. The molecule has 0 radical (unpaired) electrons. The number of piperidine rings is 1.